The van der Waals surface area contributed by atoms with Gasteiger partial charge in [0.1, 0.15) is 23.2 Å². The third-order valence-corrected chi connectivity index (χ3v) is 9.88. The van der Waals surface area contributed by atoms with E-state index in [0.29, 0.717) is 58.6 Å². The first kappa shape index (κ1) is 48.2. The number of nitrogens with one attached hydrogen (secondary N) is 3. The van der Waals surface area contributed by atoms with Crippen LogP contribution in [0.15, 0.2) is 108 Å². The zero-order valence-electron chi connectivity index (χ0n) is 35.3. The summed E-state index contributed by atoms with van der Waals surface area (Å²) in [5.41, 5.74) is 4.93. The molecule has 0 atom stereocenters. The molecule has 2 heterocycles. The Morgan fingerprint density at radius 1 is 0.633 bits per heavy atom. The van der Waals surface area contributed by atoms with Gasteiger partial charge < -0.3 is 16.0 Å². The maximum atomic E-state index is 12.0. The van der Waals surface area contributed by atoms with Gasteiger partial charge in [-0.05, 0) is 86.3 Å². The van der Waals surface area contributed by atoms with Crippen LogP contribution in [-0.2, 0) is 36.6 Å². The molecule has 0 spiro atoms. The van der Waals surface area contributed by atoms with E-state index in [-0.39, 0.29) is 4.90 Å². The molecule has 0 fully saturated rings. The van der Waals surface area contributed by atoms with Crippen LogP contribution in [0.5, 0.6) is 0 Å². The summed E-state index contributed by atoms with van der Waals surface area (Å²) in [7, 11) is -6.82. The highest BCUT2D eigenvalue weighted by Crippen LogP contribution is 2.24. The molecule has 0 aliphatic carbocycles. The summed E-state index contributed by atoms with van der Waals surface area (Å²) in [6, 6.07) is 29.5. The Kier molecular flexibility index (Phi) is 18.9. The minimum absolute atomic E-state index is 0.0865. The molecule has 2 aromatic heterocycles. The van der Waals surface area contributed by atoms with Crippen LogP contribution in [-0.4, -0.2) is 58.4 Å². The van der Waals surface area contributed by atoms with Gasteiger partial charge >= 0.3 is 0 Å². The molecule has 6 rings (SSSR count). The summed E-state index contributed by atoms with van der Waals surface area (Å²) in [4.78, 5) is 26.1. The van der Waals surface area contributed by atoms with Crippen molar-refractivity contribution in [2.45, 2.75) is 72.5 Å². The van der Waals surface area contributed by atoms with Gasteiger partial charge in [-0.25, -0.2) is 4.98 Å². The predicted octanol–water partition coefficient (Wildman–Crippen LogP) is 9.30. The van der Waals surface area contributed by atoms with Gasteiger partial charge in [0, 0.05) is 23.5 Å². The molecule has 6 aromatic rings. The summed E-state index contributed by atoms with van der Waals surface area (Å²) in [5, 5.41) is 9.27. The zero-order chi connectivity index (χ0) is 44.3. The van der Waals surface area contributed by atoms with Gasteiger partial charge in [-0.1, -0.05) is 101 Å². The monoisotopic (exact) mass is 855 g/mol. The summed E-state index contributed by atoms with van der Waals surface area (Å²) in [6.07, 6.45) is 4.03. The fourth-order valence-electron chi connectivity index (χ4n) is 5.35. The average molecular weight is 856 g/mol. The second-order valence-electron chi connectivity index (χ2n) is 12.3. The Morgan fingerprint density at radius 2 is 1.15 bits per heavy atom. The minimum Gasteiger partial charge on any atom is -0.324 e. The molecule has 17 heteroatoms. The largest absolute Gasteiger partial charge is 0.324 e. The molecule has 0 aliphatic heterocycles. The van der Waals surface area contributed by atoms with E-state index in [1.165, 1.54) is 6.07 Å². The quantitative estimate of drug-likeness (QED) is 0.0630. The van der Waals surface area contributed by atoms with Gasteiger partial charge in [0.05, 0.1) is 12.0 Å². The van der Waals surface area contributed by atoms with Crippen LogP contribution in [0, 0.1) is 20.8 Å². The Balaban J connectivity index is 0.000000297. The standard InChI is InChI=1S/C21H22N4O3S.C18H19N5O3S.2C2H6/c1-3-7-17-11-10-16(12-18(17)14-29(26,27)28)13-20-22-15(2)23-21(25-20)24-19-8-5-4-6-9-19;1-12-9-10-15(11-16(12)27(24,25)26-3)22-18-20-13(2)19-17(23-18)21-14-7-5-4-6-8-14;2*1-2/h3-12H,13-14H2,1-2H3,(H,26,27,28)(H,22,23,24,25);4-11H,1-3H3,(H2,19,20,21,22,23);2*1-2H3/b7-3+;;;. The van der Waals surface area contributed by atoms with Crippen LogP contribution >= 0.6 is 0 Å². The fraction of sp³-hybridized carbons (Fsp3) is 0.256. The Hall–Kier alpha value is -6.14. The smallest absolute Gasteiger partial charge is 0.297 e. The Labute approximate surface area is 353 Å². The van der Waals surface area contributed by atoms with Crippen LogP contribution in [0.3, 0.4) is 0 Å². The maximum Gasteiger partial charge on any atom is 0.297 e. The van der Waals surface area contributed by atoms with Crippen molar-refractivity contribution in [3.63, 3.8) is 0 Å². The van der Waals surface area contributed by atoms with E-state index in [9.17, 15) is 21.4 Å². The summed E-state index contributed by atoms with van der Waals surface area (Å²) < 4.78 is 60.7. The molecule has 0 radical (unpaired) electrons. The highest BCUT2D eigenvalue weighted by molar-refractivity contribution is 7.86. The second-order valence-corrected chi connectivity index (χ2v) is 15.4. The number of aryl methyl sites for hydroxylation is 3. The van der Waals surface area contributed by atoms with E-state index in [4.69, 9.17) is 0 Å². The van der Waals surface area contributed by atoms with E-state index in [1.54, 1.807) is 45.0 Å². The molecule has 0 bridgehead atoms. The van der Waals surface area contributed by atoms with Crippen LogP contribution in [0.2, 0.25) is 0 Å². The molecular weight excluding hydrogens is 803 g/mol. The van der Waals surface area contributed by atoms with Crippen LogP contribution in [0.1, 0.15) is 74.3 Å². The third-order valence-electron chi connectivity index (χ3n) is 7.79. The molecule has 0 aliphatic rings. The number of allylic oxidation sites excluding steroid dienone is 1. The molecule has 0 saturated heterocycles. The summed E-state index contributed by atoms with van der Waals surface area (Å²) in [6.45, 7) is 15.1. The average Bonchev–Trinajstić information content (AvgIpc) is 3.21. The van der Waals surface area contributed by atoms with Gasteiger partial charge in [-0.3, -0.25) is 8.74 Å². The first-order valence-electron chi connectivity index (χ1n) is 19.2. The number of anilines is 6. The van der Waals surface area contributed by atoms with Gasteiger partial charge in [-0.2, -0.15) is 41.8 Å². The van der Waals surface area contributed by atoms with Crippen molar-refractivity contribution >= 4 is 61.2 Å². The lowest BCUT2D eigenvalue weighted by Crippen LogP contribution is -2.08. The maximum absolute atomic E-state index is 12.0. The highest BCUT2D eigenvalue weighted by atomic mass is 32.2. The SMILES string of the molecule is C/C=C/c1ccc(Cc2nc(C)nc(Nc3ccccc3)n2)cc1CS(=O)(=O)O.CC.CC.COS(=O)(=O)c1cc(Nc2nc(C)nc(Nc3ccccc3)n2)ccc1C. The van der Waals surface area contributed by atoms with Gasteiger partial charge in [0.25, 0.3) is 20.2 Å². The van der Waals surface area contributed by atoms with E-state index >= 15 is 0 Å². The number of rotatable bonds is 13. The van der Waals surface area contributed by atoms with E-state index in [1.807, 2.05) is 113 Å². The van der Waals surface area contributed by atoms with Crippen LogP contribution < -0.4 is 16.0 Å². The first-order chi connectivity index (χ1) is 28.7. The van der Waals surface area contributed by atoms with Gasteiger partial charge in [0.15, 0.2) is 0 Å². The van der Waals surface area contributed by atoms with Crippen molar-refractivity contribution in [3.05, 3.63) is 143 Å². The molecule has 15 nitrogen and oxygen atoms in total. The van der Waals surface area contributed by atoms with E-state index in [0.717, 1.165) is 29.6 Å². The fourth-order valence-corrected chi connectivity index (χ4v) is 6.90. The number of aromatic nitrogens is 6. The second kappa shape index (κ2) is 23.5. The normalized spacial score (nSPS) is 10.9. The molecule has 0 amide bonds. The van der Waals surface area contributed by atoms with Gasteiger partial charge in [0.2, 0.25) is 17.8 Å². The van der Waals surface area contributed by atoms with Crippen molar-refractivity contribution in [2.75, 3.05) is 23.1 Å². The lowest BCUT2D eigenvalue weighted by molar-refractivity contribution is 0.397. The van der Waals surface area contributed by atoms with Crippen LogP contribution in [0.25, 0.3) is 6.08 Å². The molecule has 60 heavy (non-hydrogen) atoms. The topological polar surface area (TPSA) is 211 Å². The number of benzene rings is 4. The molecule has 4 aromatic carbocycles. The number of hydrogen-bond donors (Lipinski definition) is 4. The molecule has 0 saturated carbocycles. The zero-order valence-corrected chi connectivity index (χ0v) is 36.9. The summed E-state index contributed by atoms with van der Waals surface area (Å²) in [5.74, 6) is 2.34. The number of para-hydroxylation sites is 2. The lowest BCUT2D eigenvalue weighted by Gasteiger charge is -2.11. The van der Waals surface area contributed by atoms with Crippen molar-refractivity contribution in [2.24, 2.45) is 0 Å². The minimum atomic E-state index is -4.14. The Morgan fingerprint density at radius 3 is 1.67 bits per heavy atom. The molecule has 0 unspecified atom stereocenters. The molecule has 318 valence electrons. The van der Waals surface area contributed by atoms with Gasteiger partial charge in [-0.15, -0.1) is 0 Å². The predicted molar refractivity (Wildman–Crippen MR) is 239 cm³/mol. The number of nitrogens with zero attached hydrogens (tertiary/aromatic N) is 6. The van der Waals surface area contributed by atoms with Crippen LogP contribution in [0.4, 0.5) is 34.9 Å². The first-order valence-corrected chi connectivity index (χ1v) is 22.2. The number of hydrogen-bond acceptors (Lipinski definition) is 14. The van der Waals surface area contributed by atoms with Crippen molar-refractivity contribution in [1.82, 2.24) is 29.9 Å². The van der Waals surface area contributed by atoms with Crippen molar-refractivity contribution in [3.8, 4) is 0 Å². The third kappa shape index (κ3) is 15.6. The van der Waals surface area contributed by atoms with Crippen molar-refractivity contribution in [1.29, 1.82) is 0 Å². The molecule has 4 N–H and O–H groups in total. The van der Waals surface area contributed by atoms with E-state index in [2.05, 4.69) is 50.0 Å². The molecular formula is C43H53N9O6S2. The van der Waals surface area contributed by atoms with E-state index < -0.39 is 26.0 Å². The Bertz CT molecular complexity index is 2540. The lowest BCUT2D eigenvalue weighted by atomic mass is 10.0. The highest BCUT2D eigenvalue weighted by Gasteiger charge is 2.17. The van der Waals surface area contributed by atoms with Crippen molar-refractivity contribution < 1.29 is 25.6 Å². The summed E-state index contributed by atoms with van der Waals surface area (Å²) >= 11 is 0.